The van der Waals surface area contributed by atoms with Crippen molar-refractivity contribution in [2.75, 3.05) is 6.54 Å². The number of pyridine rings is 1. The monoisotopic (exact) mass is 418 g/mol. The summed E-state index contributed by atoms with van der Waals surface area (Å²) in [5, 5.41) is 7.56. The number of halogens is 1. The first-order chi connectivity index (χ1) is 15.1. The van der Waals surface area contributed by atoms with Crippen LogP contribution in [0.5, 0.6) is 0 Å². The van der Waals surface area contributed by atoms with E-state index in [2.05, 4.69) is 10.2 Å². The summed E-state index contributed by atoms with van der Waals surface area (Å²) in [4.78, 5) is 20.2. The van der Waals surface area contributed by atoms with Gasteiger partial charge in [0.05, 0.1) is 11.7 Å². The summed E-state index contributed by atoms with van der Waals surface area (Å²) in [6.45, 7) is 2.68. The molecule has 1 saturated heterocycles. The molecule has 0 saturated carbocycles. The van der Waals surface area contributed by atoms with Crippen LogP contribution in [0, 0.1) is 12.7 Å². The summed E-state index contributed by atoms with van der Waals surface area (Å²) in [6, 6.07) is 10.5. The molecule has 5 nitrogen and oxygen atoms in total. The number of nitrogens with zero attached hydrogens (tertiary/aromatic N) is 3. The molecule has 1 amide bonds. The first kappa shape index (κ1) is 19.9. The molecule has 1 aromatic carbocycles. The van der Waals surface area contributed by atoms with Crippen molar-refractivity contribution in [2.45, 2.75) is 57.9 Å². The molecular formula is C25H27FN4O. The molecule has 3 aromatic rings. The first-order valence-corrected chi connectivity index (χ1v) is 11.2. The maximum Gasteiger partial charge on any atom is 0.275 e. The Labute approximate surface area is 181 Å². The largest absolute Gasteiger partial charge is 0.329 e. The number of rotatable bonds is 3. The van der Waals surface area contributed by atoms with Crippen molar-refractivity contribution in [1.82, 2.24) is 20.1 Å². The number of likely N-dealkylation sites (tertiary alicyclic amines) is 1. The van der Waals surface area contributed by atoms with E-state index in [1.165, 1.54) is 18.6 Å². The summed E-state index contributed by atoms with van der Waals surface area (Å²) < 4.78 is 13.4. The van der Waals surface area contributed by atoms with Crippen LogP contribution >= 0.6 is 0 Å². The van der Waals surface area contributed by atoms with Gasteiger partial charge in [-0.15, -0.1) is 0 Å². The minimum absolute atomic E-state index is 0.00791. The Morgan fingerprint density at radius 2 is 1.87 bits per heavy atom. The van der Waals surface area contributed by atoms with Crippen LogP contribution in [-0.4, -0.2) is 32.5 Å². The molecule has 6 heteroatoms. The number of amides is 1. The van der Waals surface area contributed by atoms with E-state index < -0.39 is 0 Å². The molecule has 1 aliphatic heterocycles. The van der Waals surface area contributed by atoms with Crippen molar-refractivity contribution in [2.24, 2.45) is 0 Å². The van der Waals surface area contributed by atoms with E-state index in [4.69, 9.17) is 4.98 Å². The fourth-order valence-corrected chi connectivity index (χ4v) is 4.96. The quantitative estimate of drug-likeness (QED) is 0.597. The number of hydrogen-bond acceptors (Lipinski definition) is 3. The summed E-state index contributed by atoms with van der Waals surface area (Å²) in [7, 11) is 0. The topological polar surface area (TPSA) is 61.9 Å². The maximum absolute atomic E-state index is 13.5. The lowest BCUT2D eigenvalue weighted by atomic mass is 10.0. The average molecular weight is 419 g/mol. The van der Waals surface area contributed by atoms with Crippen molar-refractivity contribution < 1.29 is 9.18 Å². The molecular weight excluding hydrogens is 391 g/mol. The third kappa shape index (κ3) is 3.87. The maximum atomic E-state index is 13.5. The Morgan fingerprint density at radius 3 is 2.71 bits per heavy atom. The van der Waals surface area contributed by atoms with Gasteiger partial charge in [-0.1, -0.05) is 18.6 Å². The number of hydrogen-bond donors (Lipinski definition) is 1. The van der Waals surface area contributed by atoms with Crippen molar-refractivity contribution in [3.63, 3.8) is 0 Å². The second kappa shape index (κ2) is 8.25. The van der Waals surface area contributed by atoms with E-state index >= 15 is 0 Å². The number of fused-ring (bicyclic) bond motifs is 1. The predicted octanol–water partition coefficient (Wildman–Crippen LogP) is 5.17. The van der Waals surface area contributed by atoms with E-state index in [1.54, 1.807) is 12.1 Å². The highest BCUT2D eigenvalue weighted by molar-refractivity contribution is 5.94. The van der Waals surface area contributed by atoms with E-state index in [9.17, 15) is 9.18 Å². The first-order valence-electron chi connectivity index (χ1n) is 11.2. The zero-order valence-electron chi connectivity index (χ0n) is 17.8. The normalized spacial score (nSPS) is 18.6. The average Bonchev–Trinajstić information content (AvgIpc) is 3.35. The van der Waals surface area contributed by atoms with Gasteiger partial charge in [-0.05, 0) is 80.8 Å². The summed E-state index contributed by atoms with van der Waals surface area (Å²) in [5.41, 5.74) is 6.56. The molecule has 0 unspecified atom stereocenters. The Kier molecular flexibility index (Phi) is 5.30. The molecule has 0 bridgehead atoms. The Hall–Kier alpha value is -3.02. The van der Waals surface area contributed by atoms with Crippen LogP contribution in [0.25, 0.3) is 11.1 Å². The van der Waals surface area contributed by atoms with Gasteiger partial charge in [0, 0.05) is 23.5 Å². The second-order valence-corrected chi connectivity index (χ2v) is 8.68. The number of nitrogens with one attached hydrogen (secondary N) is 1. The van der Waals surface area contributed by atoms with Crippen LogP contribution in [0.1, 0.15) is 71.3 Å². The van der Waals surface area contributed by atoms with Crippen molar-refractivity contribution in [3.05, 3.63) is 70.6 Å². The van der Waals surface area contributed by atoms with Crippen molar-refractivity contribution in [1.29, 1.82) is 0 Å². The van der Waals surface area contributed by atoms with Crippen LogP contribution in [-0.2, 0) is 12.8 Å². The second-order valence-electron chi connectivity index (χ2n) is 8.68. The molecule has 1 atom stereocenters. The minimum Gasteiger partial charge on any atom is -0.329 e. The Balaban J connectivity index is 1.46. The lowest BCUT2D eigenvalue weighted by molar-refractivity contribution is 0.0725. The molecule has 2 aliphatic rings. The van der Waals surface area contributed by atoms with Gasteiger partial charge in [-0.2, -0.15) is 5.10 Å². The van der Waals surface area contributed by atoms with Crippen LogP contribution in [0.3, 0.4) is 0 Å². The smallest absolute Gasteiger partial charge is 0.275 e. The Morgan fingerprint density at radius 1 is 1.06 bits per heavy atom. The van der Waals surface area contributed by atoms with Crippen LogP contribution in [0.4, 0.5) is 4.39 Å². The molecule has 1 aliphatic carbocycles. The molecule has 2 aromatic heterocycles. The standard InChI is InChI=1S/C25H27FN4O/c1-16-14-18(17-9-11-19(26)12-10-17)15-22(27-16)23-8-5-13-30(23)25(31)24-20-6-3-2-4-7-21(20)28-29-24/h9-12,14-15,23H,2-8,13H2,1H3,(H,28,29)/t23-/m0/s1. The molecule has 0 radical (unpaired) electrons. The van der Waals surface area contributed by atoms with Gasteiger partial charge in [0.25, 0.3) is 5.91 Å². The molecule has 31 heavy (non-hydrogen) atoms. The van der Waals surface area contributed by atoms with Crippen LogP contribution < -0.4 is 0 Å². The van der Waals surface area contributed by atoms with Gasteiger partial charge < -0.3 is 4.90 Å². The highest BCUT2D eigenvalue weighted by atomic mass is 19.1. The van der Waals surface area contributed by atoms with E-state index in [0.29, 0.717) is 12.2 Å². The van der Waals surface area contributed by atoms with Gasteiger partial charge in [0.15, 0.2) is 5.69 Å². The SMILES string of the molecule is Cc1cc(-c2ccc(F)cc2)cc([C@@H]2CCCN2C(=O)c2n[nH]c3c2CCCCC3)n1. The molecule has 5 rings (SSSR count). The van der Waals surface area contributed by atoms with Crippen LogP contribution in [0.2, 0.25) is 0 Å². The lowest BCUT2D eigenvalue weighted by Crippen LogP contribution is -2.32. The van der Waals surface area contributed by atoms with E-state index in [0.717, 1.165) is 72.3 Å². The fraction of sp³-hybridized carbons (Fsp3) is 0.400. The van der Waals surface area contributed by atoms with Gasteiger partial charge in [-0.3, -0.25) is 14.9 Å². The molecule has 160 valence electrons. The summed E-state index contributed by atoms with van der Waals surface area (Å²) >= 11 is 0. The molecule has 1 fully saturated rings. The van der Waals surface area contributed by atoms with Gasteiger partial charge in [-0.25, -0.2) is 4.39 Å². The molecule has 0 spiro atoms. The van der Waals surface area contributed by atoms with Gasteiger partial charge in [0.2, 0.25) is 0 Å². The van der Waals surface area contributed by atoms with E-state index in [-0.39, 0.29) is 17.8 Å². The van der Waals surface area contributed by atoms with Crippen LogP contribution in [0.15, 0.2) is 36.4 Å². The number of carbonyl (C=O) groups excluding carboxylic acids is 1. The number of aromatic amines is 1. The summed E-state index contributed by atoms with van der Waals surface area (Å²) in [5.74, 6) is -0.242. The zero-order chi connectivity index (χ0) is 21.4. The third-order valence-corrected chi connectivity index (χ3v) is 6.51. The predicted molar refractivity (Wildman–Crippen MR) is 117 cm³/mol. The number of aryl methyl sites for hydroxylation is 2. The van der Waals surface area contributed by atoms with Crippen molar-refractivity contribution in [3.8, 4) is 11.1 Å². The highest BCUT2D eigenvalue weighted by Crippen LogP contribution is 2.35. The van der Waals surface area contributed by atoms with Crippen molar-refractivity contribution >= 4 is 5.91 Å². The highest BCUT2D eigenvalue weighted by Gasteiger charge is 2.34. The summed E-state index contributed by atoms with van der Waals surface area (Å²) in [6.07, 6.45) is 7.18. The minimum atomic E-state index is -0.250. The van der Waals surface area contributed by atoms with Gasteiger partial charge >= 0.3 is 0 Å². The zero-order valence-corrected chi connectivity index (χ0v) is 17.8. The number of aromatic nitrogens is 3. The fourth-order valence-electron chi connectivity index (χ4n) is 4.96. The Bertz CT molecular complexity index is 1110. The van der Waals surface area contributed by atoms with Gasteiger partial charge in [0.1, 0.15) is 5.82 Å². The van der Waals surface area contributed by atoms with E-state index in [1.807, 2.05) is 24.0 Å². The number of benzene rings is 1. The number of carbonyl (C=O) groups is 1. The molecule has 1 N–H and O–H groups in total. The lowest BCUT2D eigenvalue weighted by Gasteiger charge is -2.25. The third-order valence-electron chi connectivity index (χ3n) is 6.51. The molecule has 3 heterocycles. The number of H-pyrrole nitrogens is 1.